The van der Waals surface area contributed by atoms with Crippen molar-refractivity contribution in [2.24, 2.45) is 11.7 Å². The van der Waals surface area contributed by atoms with E-state index < -0.39 is 0 Å². The first-order valence-corrected chi connectivity index (χ1v) is 4.38. The summed E-state index contributed by atoms with van der Waals surface area (Å²) in [6, 6.07) is 0.359. The lowest BCUT2D eigenvalue weighted by atomic mass is 9.81. The third kappa shape index (κ3) is 1.95. The largest absolute Gasteiger partial charge is 0.327 e. The van der Waals surface area contributed by atoms with Crippen molar-refractivity contribution in [3.05, 3.63) is 17.9 Å². The van der Waals surface area contributed by atoms with Gasteiger partial charge in [0.1, 0.15) is 0 Å². The summed E-state index contributed by atoms with van der Waals surface area (Å²) in [6.45, 7) is 5.74. The highest BCUT2D eigenvalue weighted by atomic mass is 14.7. The molecular weight excluding hydrogens is 134 g/mol. The summed E-state index contributed by atoms with van der Waals surface area (Å²) >= 11 is 0. The van der Waals surface area contributed by atoms with Crippen molar-refractivity contribution >= 4 is 0 Å². The molecule has 0 unspecified atom stereocenters. The monoisotopic (exact) mass is 151 g/mol. The smallest absolute Gasteiger partial charge is 0.0111 e. The van der Waals surface area contributed by atoms with Crippen LogP contribution in [0.3, 0.4) is 0 Å². The van der Waals surface area contributed by atoms with Gasteiger partial charge < -0.3 is 5.73 Å². The normalized spacial score (nSPS) is 31.1. The maximum atomic E-state index is 5.97. The van der Waals surface area contributed by atoms with Gasteiger partial charge in [0.25, 0.3) is 0 Å². The third-order valence-corrected chi connectivity index (χ3v) is 2.65. The van der Waals surface area contributed by atoms with Crippen LogP contribution < -0.4 is 5.73 Å². The minimum Gasteiger partial charge on any atom is -0.327 e. The molecule has 11 heavy (non-hydrogen) atoms. The van der Waals surface area contributed by atoms with Gasteiger partial charge in [0, 0.05) is 12.0 Å². The highest BCUT2D eigenvalue weighted by molar-refractivity contribution is 5.05. The summed E-state index contributed by atoms with van der Waals surface area (Å²) in [7, 11) is 0. The van der Waals surface area contributed by atoms with Gasteiger partial charge in [-0.1, -0.05) is 19.4 Å². The van der Waals surface area contributed by atoms with Crippen LogP contribution in [0.2, 0.25) is 0 Å². The topological polar surface area (TPSA) is 26.0 Å². The van der Waals surface area contributed by atoms with Crippen LogP contribution in [0.1, 0.15) is 32.6 Å². The number of nitrogens with two attached hydrogens (primary N) is 1. The number of hydrogen-bond acceptors (Lipinski definition) is 1. The summed E-state index contributed by atoms with van der Waals surface area (Å²) in [5.74, 6) is 0.557. The van der Waals surface area contributed by atoms with E-state index >= 15 is 0 Å². The lowest BCUT2D eigenvalue weighted by molar-refractivity contribution is 0.348. The van der Waals surface area contributed by atoms with E-state index in [4.69, 9.17) is 5.73 Å². The molecule has 2 atom stereocenters. The van der Waals surface area contributed by atoms with Crippen molar-refractivity contribution < 1.29 is 0 Å². The molecule has 1 heteroatoms. The molecule has 0 aliphatic heterocycles. The fourth-order valence-corrected chi connectivity index (χ4v) is 1.83. The van der Waals surface area contributed by atoms with Crippen LogP contribution in [0.15, 0.2) is 17.9 Å². The Morgan fingerprint density at radius 3 is 2.64 bits per heavy atom. The van der Waals surface area contributed by atoms with Crippen LogP contribution in [-0.4, -0.2) is 6.04 Å². The van der Waals surface area contributed by atoms with Gasteiger partial charge in [-0.15, -0.1) is 5.73 Å². The van der Waals surface area contributed by atoms with Crippen molar-refractivity contribution in [3.63, 3.8) is 0 Å². The fraction of sp³-hybridized carbons (Fsp3) is 0.700. The van der Waals surface area contributed by atoms with Crippen molar-refractivity contribution in [1.82, 2.24) is 0 Å². The molecule has 2 N–H and O–H groups in total. The second kappa shape index (κ2) is 3.75. The Morgan fingerprint density at radius 2 is 2.09 bits per heavy atom. The second-order valence-electron chi connectivity index (χ2n) is 3.41. The minimum atomic E-state index is 0.359. The summed E-state index contributed by atoms with van der Waals surface area (Å²) < 4.78 is 0. The number of hydrogen-bond donors (Lipinski definition) is 1. The molecule has 1 aliphatic carbocycles. The third-order valence-electron chi connectivity index (χ3n) is 2.65. The molecule has 1 rings (SSSR count). The molecule has 0 aromatic rings. The van der Waals surface area contributed by atoms with Crippen molar-refractivity contribution in [1.29, 1.82) is 0 Å². The van der Waals surface area contributed by atoms with E-state index in [0.29, 0.717) is 12.0 Å². The Hall–Kier alpha value is -0.520. The van der Waals surface area contributed by atoms with Crippen LogP contribution in [0, 0.1) is 5.92 Å². The zero-order chi connectivity index (χ0) is 8.27. The average molecular weight is 151 g/mol. The van der Waals surface area contributed by atoms with Crippen LogP contribution in [0.4, 0.5) is 0 Å². The molecule has 0 aromatic heterocycles. The zero-order valence-electron chi connectivity index (χ0n) is 7.27. The quantitative estimate of drug-likeness (QED) is 0.571. The first-order chi connectivity index (χ1) is 5.25. The van der Waals surface area contributed by atoms with Gasteiger partial charge >= 0.3 is 0 Å². The van der Waals surface area contributed by atoms with Gasteiger partial charge in [0.15, 0.2) is 0 Å². The Labute approximate surface area is 69.0 Å². The van der Waals surface area contributed by atoms with E-state index in [1.165, 1.54) is 31.3 Å². The van der Waals surface area contributed by atoms with Gasteiger partial charge in [-0.25, -0.2) is 0 Å². The predicted octanol–water partition coefficient (Wildman–Crippen LogP) is 2.24. The van der Waals surface area contributed by atoms with Gasteiger partial charge in [-0.3, -0.25) is 0 Å². The molecular formula is C10H17N. The SMILES string of the molecule is C=C=C(C)[C@H]1CCCC[C@H]1N. The molecule has 62 valence electrons. The Bertz CT molecular complexity index is 177. The molecule has 1 nitrogen and oxygen atoms in total. The minimum absolute atomic E-state index is 0.359. The number of rotatable bonds is 1. The molecule has 1 fully saturated rings. The van der Waals surface area contributed by atoms with Crippen molar-refractivity contribution in [2.75, 3.05) is 0 Å². The van der Waals surface area contributed by atoms with E-state index in [-0.39, 0.29) is 0 Å². The molecule has 0 aromatic carbocycles. The molecule has 0 bridgehead atoms. The first kappa shape index (κ1) is 8.58. The Kier molecular flexibility index (Phi) is 2.92. The maximum Gasteiger partial charge on any atom is 0.0111 e. The van der Waals surface area contributed by atoms with Crippen molar-refractivity contribution in [2.45, 2.75) is 38.6 Å². The first-order valence-electron chi connectivity index (χ1n) is 4.38. The lowest BCUT2D eigenvalue weighted by Gasteiger charge is -2.28. The van der Waals surface area contributed by atoms with Crippen molar-refractivity contribution in [3.8, 4) is 0 Å². The summed E-state index contributed by atoms with van der Waals surface area (Å²) in [4.78, 5) is 0. The fourth-order valence-electron chi connectivity index (χ4n) is 1.83. The molecule has 0 radical (unpaired) electrons. The van der Waals surface area contributed by atoms with Gasteiger partial charge in [0.2, 0.25) is 0 Å². The predicted molar refractivity (Wildman–Crippen MR) is 48.3 cm³/mol. The van der Waals surface area contributed by atoms with Crippen LogP contribution >= 0.6 is 0 Å². The Morgan fingerprint density at radius 1 is 1.45 bits per heavy atom. The maximum absolute atomic E-state index is 5.97. The van der Waals surface area contributed by atoms with E-state index in [1.54, 1.807) is 0 Å². The van der Waals surface area contributed by atoms with E-state index in [0.717, 1.165) is 0 Å². The van der Waals surface area contributed by atoms with Crippen LogP contribution in [0.5, 0.6) is 0 Å². The highest BCUT2D eigenvalue weighted by Crippen LogP contribution is 2.27. The lowest BCUT2D eigenvalue weighted by Crippen LogP contribution is -2.33. The van der Waals surface area contributed by atoms with E-state index in [1.807, 2.05) is 0 Å². The van der Waals surface area contributed by atoms with Gasteiger partial charge in [0.05, 0.1) is 0 Å². The van der Waals surface area contributed by atoms with Crippen LogP contribution in [0.25, 0.3) is 0 Å². The Balaban J connectivity index is 2.61. The van der Waals surface area contributed by atoms with Crippen LogP contribution in [-0.2, 0) is 0 Å². The molecule has 1 aliphatic rings. The van der Waals surface area contributed by atoms with E-state index in [2.05, 4.69) is 19.2 Å². The molecule has 0 amide bonds. The van der Waals surface area contributed by atoms with Gasteiger partial charge in [-0.2, -0.15) is 0 Å². The average Bonchev–Trinajstić information content (AvgIpc) is 2.04. The summed E-state index contributed by atoms with van der Waals surface area (Å²) in [5.41, 5.74) is 10.2. The molecule has 0 saturated heterocycles. The molecule has 0 heterocycles. The molecule has 1 saturated carbocycles. The standard InChI is InChI=1S/C10H17N/c1-3-8(2)9-6-4-5-7-10(9)11/h9-10H,1,4-7,11H2,2H3/t9-,10-/m1/s1. The highest BCUT2D eigenvalue weighted by Gasteiger charge is 2.22. The van der Waals surface area contributed by atoms with E-state index in [9.17, 15) is 0 Å². The molecule has 0 spiro atoms. The summed E-state index contributed by atoms with van der Waals surface area (Å²) in [5, 5.41) is 0. The zero-order valence-corrected chi connectivity index (χ0v) is 7.27. The summed E-state index contributed by atoms with van der Waals surface area (Å²) in [6.07, 6.45) is 5.01. The second-order valence-corrected chi connectivity index (χ2v) is 3.41. The van der Waals surface area contributed by atoms with Gasteiger partial charge in [-0.05, 0) is 25.3 Å².